The van der Waals surface area contributed by atoms with Crippen LogP contribution in [0.5, 0.6) is 0 Å². The first-order chi connectivity index (χ1) is 4.18. The van der Waals surface area contributed by atoms with Crippen LogP contribution in [0, 0.1) is 0 Å². The summed E-state index contributed by atoms with van der Waals surface area (Å²) in [5, 5.41) is 3.43. The van der Waals surface area contributed by atoms with Crippen molar-refractivity contribution in [1.82, 2.24) is 5.32 Å². The Morgan fingerprint density at radius 3 is 2.33 bits per heavy atom. The lowest BCUT2D eigenvalue weighted by Gasteiger charge is -2.34. The molecule has 0 aliphatic heterocycles. The smallest absolute Gasteiger partial charge is 0.00988 e. The SMILES string of the molecule is CC(C)N[C@H]1C[C@H](N)C1. The van der Waals surface area contributed by atoms with E-state index in [1.807, 2.05) is 0 Å². The maximum absolute atomic E-state index is 5.60. The molecule has 0 radical (unpaired) electrons. The minimum Gasteiger partial charge on any atom is -0.328 e. The molecule has 2 heteroatoms. The second kappa shape index (κ2) is 2.67. The molecule has 2 nitrogen and oxygen atoms in total. The highest BCUT2D eigenvalue weighted by Gasteiger charge is 2.25. The molecule has 3 N–H and O–H groups in total. The van der Waals surface area contributed by atoms with E-state index in [2.05, 4.69) is 19.2 Å². The molecule has 0 spiro atoms. The quantitative estimate of drug-likeness (QED) is 0.567. The van der Waals surface area contributed by atoms with Gasteiger partial charge in [0.1, 0.15) is 0 Å². The molecular weight excluding hydrogens is 112 g/mol. The van der Waals surface area contributed by atoms with E-state index in [-0.39, 0.29) is 0 Å². The zero-order valence-electron chi connectivity index (χ0n) is 6.22. The Hall–Kier alpha value is -0.0800. The summed E-state index contributed by atoms with van der Waals surface area (Å²) >= 11 is 0. The van der Waals surface area contributed by atoms with Crippen molar-refractivity contribution in [3.05, 3.63) is 0 Å². The zero-order valence-corrected chi connectivity index (χ0v) is 6.22. The average molecular weight is 128 g/mol. The van der Waals surface area contributed by atoms with Crippen molar-refractivity contribution in [3.8, 4) is 0 Å². The second-order valence-electron chi connectivity index (χ2n) is 3.25. The Morgan fingerprint density at radius 1 is 1.44 bits per heavy atom. The zero-order chi connectivity index (χ0) is 6.85. The van der Waals surface area contributed by atoms with Crippen molar-refractivity contribution in [2.45, 2.75) is 44.8 Å². The number of nitrogens with one attached hydrogen (secondary N) is 1. The largest absolute Gasteiger partial charge is 0.328 e. The number of hydrogen-bond acceptors (Lipinski definition) is 2. The van der Waals surface area contributed by atoms with Crippen LogP contribution in [0.1, 0.15) is 26.7 Å². The van der Waals surface area contributed by atoms with Crippen molar-refractivity contribution in [2.75, 3.05) is 0 Å². The summed E-state index contributed by atoms with van der Waals surface area (Å²) < 4.78 is 0. The minimum absolute atomic E-state index is 0.473. The van der Waals surface area contributed by atoms with Crippen LogP contribution >= 0.6 is 0 Å². The minimum atomic E-state index is 0.473. The average Bonchev–Trinajstić information content (AvgIpc) is 1.60. The molecule has 1 aliphatic rings. The Bertz CT molecular complexity index is 84.9. The Morgan fingerprint density at radius 2 is 2.00 bits per heavy atom. The van der Waals surface area contributed by atoms with E-state index in [0.717, 1.165) is 12.8 Å². The highest BCUT2D eigenvalue weighted by atomic mass is 15.0. The van der Waals surface area contributed by atoms with Gasteiger partial charge in [-0.2, -0.15) is 0 Å². The number of hydrogen-bond donors (Lipinski definition) is 2. The normalized spacial score (nSPS) is 34.7. The van der Waals surface area contributed by atoms with Gasteiger partial charge in [-0.3, -0.25) is 0 Å². The first-order valence-corrected chi connectivity index (χ1v) is 3.70. The first kappa shape index (κ1) is 7.03. The van der Waals surface area contributed by atoms with Gasteiger partial charge in [0.25, 0.3) is 0 Å². The molecule has 0 heterocycles. The van der Waals surface area contributed by atoms with Gasteiger partial charge in [0.2, 0.25) is 0 Å². The van der Waals surface area contributed by atoms with Crippen molar-refractivity contribution in [1.29, 1.82) is 0 Å². The molecule has 1 saturated carbocycles. The molecule has 9 heavy (non-hydrogen) atoms. The predicted octanol–water partition coefficient (Wildman–Crippen LogP) is 0.474. The van der Waals surface area contributed by atoms with Gasteiger partial charge in [-0.15, -0.1) is 0 Å². The molecule has 1 aliphatic carbocycles. The Kier molecular flexibility index (Phi) is 2.09. The molecular formula is C7H16N2. The van der Waals surface area contributed by atoms with Gasteiger partial charge >= 0.3 is 0 Å². The van der Waals surface area contributed by atoms with Crippen molar-refractivity contribution < 1.29 is 0 Å². The van der Waals surface area contributed by atoms with Gasteiger partial charge in [0.15, 0.2) is 0 Å². The van der Waals surface area contributed by atoms with Crippen LogP contribution in [-0.4, -0.2) is 18.1 Å². The van der Waals surface area contributed by atoms with Crippen LogP contribution < -0.4 is 11.1 Å². The lowest BCUT2D eigenvalue weighted by Crippen LogP contribution is -2.50. The number of rotatable bonds is 2. The molecule has 0 aromatic carbocycles. The van der Waals surface area contributed by atoms with E-state index < -0.39 is 0 Å². The summed E-state index contributed by atoms with van der Waals surface area (Å²) in [6.45, 7) is 4.34. The molecule has 0 aromatic heterocycles. The van der Waals surface area contributed by atoms with Gasteiger partial charge in [-0.05, 0) is 12.8 Å². The van der Waals surface area contributed by atoms with E-state index in [1.165, 1.54) is 0 Å². The second-order valence-corrected chi connectivity index (χ2v) is 3.25. The third kappa shape index (κ3) is 1.95. The van der Waals surface area contributed by atoms with Crippen molar-refractivity contribution in [3.63, 3.8) is 0 Å². The fourth-order valence-corrected chi connectivity index (χ4v) is 1.27. The van der Waals surface area contributed by atoms with E-state index >= 15 is 0 Å². The van der Waals surface area contributed by atoms with E-state index in [4.69, 9.17) is 5.73 Å². The van der Waals surface area contributed by atoms with Gasteiger partial charge < -0.3 is 11.1 Å². The maximum atomic E-state index is 5.60. The summed E-state index contributed by atoms with van der Waals surface area (Å²) in [5.74, 6) is 0. The van der Waals surface area contributed by atoms with Crippen molar-refractivity contribution in [2.24, 2.45) is 5.73 Å². The van der Waals surface area contributed by atoms with Gasteiger partial charge in [-0.1, -0.05) is 13.8 Å². The van der Waals surface area contributed by atoms with E-state index in [1.54, 1.807) is 0 Å². The maximum Gasteiger partial charge on any atom is 0.00988 e. The van der Waals surface area contributed by atoms with Crippen LogP contribution in [0.4, 0.5) is 0 Å². The summed E-state index contributed by atoms with van der Waals surface area (Å²) in [6, 6.07) is 1.80. The Balaban J connectivity index is 2.04. The Labute approximate surface area is 56.8 Å². The third-order valence-corrected chi connectivity index (χ3v) is 1.74. The van der Waals surface area contributed by atoms with E-state index in [0.29, 0.717) is 18.1 Å². The molecule has 1 rings (SSSR count). The summed E-state index contributed by atoms with van der Waals surface area (Å²) in [7, 11) is 0. The molecule has 0 aromatic rings. The van der Waals surface area contributed by atoms with E-state index in [9.17, 15) is 0 Å². The first-order valence-electron chi connectivity index (χ1n) is 3.70. The molecule has 0 bridgehead atoms. The fraction of sp³-hybridized carbons (Fsp3) is 1.00. The lowest BCUT2D eigenvalue weighted by atomic mass is 9.87. The van der Waals surface area contributed by atoms with Crippen LogP contribution in [0.2, 0.25) is 0 Å². The lowest BCUT2D eigenvalue weighted by molar-refractivity contribution is 0.276. The van der Waals surface area contributed by atoms with Crippen LogP contribution in [0.15, 0.2) is 0 Å². The summed E-state index contributed by atoms with van der Waals surface area (Å²) in [5.41, 5.74) is 5.60. The fourth-order valence-electron chi connectivity index (χ4n) is 1.27. The highest BCUT2D eigenvalue weighted by molar-refractivity contribution is 4.88. The number of nitrogens with two attached hydrogens (primary N) is 1. The monoisotopic (exact) mass is 128 g/mol. The topological polar surface area (TPSA) is 38.0 Å². The molecule has 0 saturated heterocycles. The molecule has 1 fully saturated rings. The van der Waals surface area contributed by atoms with Gasteiger partial charge in [-0.25, -0.2) is 0 Å². The third-order valence-electron chi connectivity index (χ3n) is 1.74. The van der Waals surface area contributed by atoms with Crippen LogP contribution in [-0.2, 0) is 0 Å². The van der Waals surface area contributed by atoms with Gasteiger partial charge in [0, 0.05) is 18.1 Å². The summed E-state index contributed by atoms with van der Waals surface area (Å²) in [4.78, 5) is 0. The molecule has 54 valence electrons. The van der Waals surface area contributed by atoms with Gasteiger partial charge in [0.05, 0.1) is 0 Å². The molecule has 0 atom stereocenters. The van der Waals surface area contributed by atoms with Crippen LogP contribution in [0.25, 0.3) is 0 Å². The highest BCUT2D eigenvalue weighted by Crippen LogP contribution is 2.17. The molecule has 0 unspecified atom stereocenters. The van der Waals surface area contributed by atoms with Crippen LogP contribution in [0.3, 0.4) is 0 Å². The predicted molar refractivity (Wildman–Crippen MR) is 39.3 cm³/mol. The molecule has 0 amide bonds. The van der Waals surface area contributed by atoms with Crippen molar-refractivity contribution >= 4 is 0 Å². The summed E-state index contributed by atoms with van der Waals surface area (Å²) in [6.07, 6.45) is 2.33. The standard InChI is InChI=1S/C7H16N2/c1-5(2)9-7-3-6(8)4-7/h5-7,9H,3-4,8H2,1-2H3/t6-,7-.